The molecule has 2 fully saturated rings. The van der Waals surface area contributed by atoms with Gasteiger partial charge in [0.15, 0.2) is 5.96 Å². The van der Waals surface area contributed by atoms with Gasteiger partial charge in [-0.25, -0.2) is 0 Å². The number of hydrogen-bond donors (Lipinski definition) is 3. The first-order chi connectivity index (χ1) is 7.18. The van der Waals surface area contributed by atoms with E-state index >= 15 is 0 Å². The topological polar surface area (TPSA) is 70.6 Å². The van der Waals surface area contributed by atoms with Gasteiger partial charge in [-0.3, -0.25) is 4.99 Å². The predicted molar refractivity (Wildman–Crippen MR) is 60.7 cm³/mol. The fraction of sp³-hybridized carbons (Fsp3) is 0.909. The summed E-state index contributed by atoms with van der Waals surface area (Å²) >= 11 is 0. The third kappa shape index (κ3) is 3.38. The number of aliphatic hydroxyl groups is 1. The minimum atomic E-state index is -0.589. The van der Waals surface area contributed by atoms with Gasteiger partial charge in [0.1, 0.15) is 0 Å². The number of nitrogens with one attached hydrogen (secondary N) is 1. The number of rotatable bonds is 3. The highest BCUT2D eigenvalue weighted by molar-refractivity contribution is 5.78. The molecule has 0 heterocycles. The Morgan fingerprint density at radius 3 is 2.60 bits per heavy atom. The molecule has 4 heteroatoms. The van der Waals surface area contributed by atoms with Gasteiger partial charge in [0.05, 0.1) is 12.1 Å². The fourth-order valence-electron chi connectivity index (χ4n) is 2.08. The summed E-state index contributed by atoms with van der Waals surface area (Å²) in [6.07, 6.45) is 7.59. The van der Waals surface area contributed by atoms with Crippen LogP contribution in [0.2, 0.25) is 0 Å². The maximum atomic E-state index is 10.2. The quantitative estimate of drug-likeness (QED) is 0.476. The molecule has 4 nitrogen and oxygen atoms in total. The zero-order chi connectivity index (χ0) is 10.7. The number of aliphatic imine (C=N–C) groups is 1. The lowest BCUT2D eigenvalue weighted by Gasteiger charge is -2.30. The van der Waals surface area contributed by atoms with Crippen molar-refractivity contribution in [3.05, 3.63) is 0 Å². The maximum Gasteiger partial charge on any atom is 0.188 e. The smallest absolute Gasteiger partial charge is 0.188 e. The van der Waals surface area contributed by atoms with Gasteiger partial charge in [0, 0.05) is 6.04 Å². The Morgan fingerprint density at radius 1 is 1.33 bits per heavy atom. The van der Waals surface area contributed by atoms with E-state index in [9.17, 15) is 5.11 Å². The molecule has 15 heavy (non-hydrogen) atoms. The van der Waals surface area contributed by atoms with Gasteiger partial charge < -0.3 is 16.2 Å². The molecular weight excluding hydrogens is 190 g/mol. The summed E-state index contributed by atoms with van der Waals surface area (Å²) in [5.41, 5.74) is 5.13. The summed E-state index contributed by atoms with van der Waals surface area (Å²) in [6.45, 7) is 0.457. The standard InChI is InChI=1S/C11H21N3O/c12-10(14-9-4-5-9)13-8-11(15)6-2-1-3-7-11/h9,15H,1-8H2,(H3,12,13,14). The van der Waals surface area contributed by atoms with Crippen molar-refractivity contribution in [1.29, 1.82) is 0 Å². The lowest BCUT2D eigenvalue weighted by Crippen LogP contribution is -2.38. The van der Waals surface area contributed by atoms with E-state index in [0.29, 0.717) is 18.5 Å². The van der Waals surface area contributed by atoms with Crippen LogP contribution in [0.15, 0.2) is 4.99 Å². The van der Waals surface area contributed by atoms with Crippen LogP contribution in [0.25, 0.3) is 0 Å². The van der Waals surface area contributed by atoms with E-state index in [1.807, 2.05) is 0 Å². The summed E-state index contributed by atoms with van der Waals surface area (Å²) < 4.78 is 0. The average molecular weight is 211 g/mol. The normalized spacial score (nSPS) is 26.3. The van der Waals surface area contributed by atoms with Crippen molar-refractivity contribution in [2.45, 2.75) is 56.6 Å². The third-order valence-corrected chi connectivity index (χ3v) is 3.26. The first-order valence-electron chi connectivity index (χ1n) is 5.97. The Hall–Kier alpha value is -0.770. The Morgan fingerprint density at radius 2 is 2.00 bits per heavy atom. The van der Waals surface area contributed by atoms with Crippen LogP contribution >= 0.6 is 0 Å². The molecule has 86 valence electrons. The molecule has 2 saturated carbocycles. The van der Waals surface area contributed by atoms with Crippen LogP contribution < -0.4 is 11.1 Å². The SMILES string of the molecule is NC(=NCC1(O)CCCCC1)NC1CC1. The van der Waals surface area contributed by atoms with E-state index in [1.165, 1.54) is 19.3 Å². The second-order valence-electron chi connectivity index (χ2n) is 4.91. The fourth-order valence-corrected chi connectivity index (χ4v) is 2.08. The summed E-state index contributed by atoms with van der Waals surface area (Å²) in [5.74, 6) is 0.497. The number of nitrogens with zero attached hydrogens (tertiary/aromatic N) is 1. The van der Waals surface area contributed by atoms with Crippen LogP contribution in [0.4, 0.5) is 0 Å². The monoisotopic (exact) mass is 211 g/mol. The Balaban J connectivity index is 1.78. The van der Waals surface area contributed by atoms with Gasteiger partial charge in [-0.05, 0) is 25.7 Å². The Labute approximate surface area is 91.0 Å². The zero-order valence-corrected chi connectivity index (χ0v) is 9.21. The molecule has 0 aromatic carbocycles. The van der Waals surface area contributed by atoms with E-state index < -0.39 is 5.60 Å². The molecule has 0 aromatic heterocycles. The highest BCUT2D eigenvalue weighted by Crippen LogP contribution is 2.28. The largest absolute Gasteiger partial charge is 0.388 e. The molecule has 0 atom stereocenters. The first-order valence-corrected chi connectivity index (χ1v) is 5.97. The molecule has 2 rings (SSSR count). The molecule has 2 aliphatic carbocycles. The van der Waals surface area contributed by atoms with Crippen molar-refractivity contribution in [3.8, 4) is 0 Å². The molecule has 0 radical (unpaired) electrons. The molecule has 0 aliphatic heterocycles. The van der Waals surface area contributed by atoms with Crippen molar-refractivity contribution in [2.75, 3.05) is 6.54 Å². The van der Waals surface area contributed by atoms with Crippen LogP contribution in [0.1, 0.15) is 44.9 Å². The van der Waals surface area contributed by atoms with Gasteiger partial charge in [0.25, 0.3) is 0 Å². The minimum Gasteiger partial charge on any atom is -0.388 e. The lowest BCUT2D eigenvalue weighted by atomic mass is 9.85. The van der Waals surface area contributed by atoms with E-state index in [2.05, 4.69) is 10.3 Å². The number of guanidine groups is 1. The molecule has 0 bridgehead atoms. The average Bonchev–Trinajstić information content (AvgIpc) is 3.00. The Bertz CT molecular complexity index is 242. The second-order valence-corrected chi connectivity index (χ2v) is 4.91. The summed E-state index contributed by atoms with van der Waals surface area (Å²) in [5, 5.41) is 13.3. The summed E-state index contributed by atoms with van der Waals surface area (Å²) in [6, 6.07) is 0.537. The van der Waals surface area contributed by atoms with Crippen molar-refractivity contribution in [2.24, 2.45) is 10.7 Å². The molecule has 0 saturated heterocycles. The van der Waals surface area contributed by atoms with Gasteiger partial charge >= 0.3 is 0 Å². The minimum absolute atomic E-state index is 0.457. The highest BCUT2D eigenvalue weighted by atomic mass is 16.3. The van der Waals surface area contributed by atoms with Crippen molar-refractivity contribution < 1.29 is 5.11 Å². The predicted octanol–water partition coefficient (Wildman–Crippen LogP) is 0.748. The highest BCUT2D eigenvalue weighted by Gasteiger charge is 2.29. The molecule has 0 unspecified atom stereocenters. The molecule has 0 amide bonds. The first kappa shape index (κ1) is 10.7. The van der Waals surface area contributed by atoms with Gasteiger partial charge in [-0.1, -0.05) is 19.3 Å². The molecule has 2 aliphatic rings. The molecule has 0 aromatic rings. The zero-order valence-electron chi connectivity index (χ0n) is 9.21. The van der Waals surface area contributed by atoms with Gasteiger partial charge in [-0.15, -0.1) is 0 Å². The van der Waals surface area contributed by atoms with Crippen molar-refractivity contribution in [1.82, 2.24) is 5.32 Å². The van der Waals surface area contributed by atoms with Gasteiger partial charge in [0.2, 0.25) is 0 Å². The maximum absolute atomic E-state index is 10.2. The van der Waals surface area contributed by atoms with Crippen LogP contribution in [-0.2, 0) is 0 Å². The summed E-state index contributed by atoms with van der Waals surface area (Å²) in [4.78, 5) is 4.23. The van der Waals surface area contributed by atoms with E-state index in [0.717, 1.165) is 25.7 Å². The van der Waals surface area contributed by atoms with E-state index in [1.54, 1.807) is 0 Å². The van der Waals surface area contributed by atoms with Crippen LogP contribution in [0.3, 0.4) is 0 Å². The molecule has 0 spiro atoms. The molecule has 4 N–H and O–H groups in total. The van der Waals surface area contributed by atoms with E-state index in [4.69, 9.17) is 5.73 Å². The Kier molecular flexibility index (Phi) is 3.14. The lowest BCUT2D eigenvalue weighted by molar-refractivity contribution is 0.0132. The van der Waals surface area contributed by atoms with Crippen molar-refractivity contribution >= 4 is 5.96 Å². The second kappa shape index (κ2) is 4.39. The third-order valence-electron chi connectivity index (χ3n) is 3.26. The van der Waals surface area contributed by atoms with Crippen LogP contribution in [-0.4, -0.2) is 29.3 Å². The van der Waals surface area contributed by atoms with E-state index in [-0.39, 0.29) is 0 Å². The molecular formula is C11H21N3O. The van der Waals surface area contributed by atoms with Crippen LogP contribution in [0, 0.1) is 0 Å². The van der Waals surface area contributed by atoms with Crippen molar-refractivity contribution in [3.63, 3.8) is 0 Å². The number of nitrogens with two attached hydrogens (primary N) is 1. The van der Waals surface area contributed by atoms with Crippen LogP contribution in [0.5, 0.6) is 0 Å². The number of hydrogen-bond acceptors (Lipinski definition) is 2. The summed E-state index contributed by atoms with van der Waals surface area (Å²) in [7, 11) is 0. The van der Waals surface area contributed by atoms with Gasteiger partial charge in [-0.2, -0.15) is 0 Å².